The Labute approximate surface area is 261 Å². The maximum Gasteiger partial charge on any atom is 0.353 e. The van der Waals surface area contributed by atoms with E-state index in [-0.39, 0.29) is 5.76 Å². The molecule has 18 heteroatoms. The number of alkyl halides is 7. The van der Waals surface area contributed by atoms with Crippen LogP contribution in [0.25, 0.3) is 0 Å². The van der Waals surface area contributed by atoms with Gasteiger partial charge in [0, 0.05) is 48.5 Å². The lowest BCUT2D eigenvalue weighted by molar-refractivity contribution is -0.306. The minimum atomic E-state index is -3.50. The molecule has 3 fully saturated rings. The molecule has 46 heavy (non-hydrogen) atoms. The van der Waals surface area contributed by atoms with E-state index in [0.717, 1.165) is 6.92 Å². The average Bonchev–Trinajstić information content (AvgIpc) is 3.26. The molecule has 0 aromatic carbocycles. The van der Waals surface area contributed by atoms with Gasteiger partial charge in [-0.05, 0) is 48.5 Å². The topological polar surface area (TPSA) is 73.8 Å². The molecule has 0 N–H and O–H groups in total. The zero-order valence-electron chi connectivity index (χ0n) is 28.0. The smallest absolute Gasteiger partial charge is 0.353 e. The zero-order valence-corrected chi connectivity index (χ0v) is 28.0. The van der Waals surface area contributed by atoms with Gasteiger partial charge in [-0.25, -0.2) is 22.0 Å². The number of halogens is 10. The highest BCUT2D eigenvalue weighted by atomic mass is 19.3. The van der Waals surface area contributed by atoms with Crippen molar-refractivity contribution in [3.63, 3.8) is 0 Å². The second kappa shape index (κ2) is 12.4. The highest BCUT2D eigenvalue weighted by Crippen LogP contribution is 2.51. The lowest BCUT2D eigenvalue weighted by atomic mass is 10.0. The first-order chi connectivity index (χ1) is 19.9. The summed E-state index contributed by atoms with van der Waals surface area (Å²) in [5.74, 6) is -22.1. The number of rotatable bonds is 1. The summed E-state index contributed by atoms with van der Waals surface area (Å²) >= 11 is 0. The van der Waals surface area contributed by atoms with E-state index >= 15 is 0 Å². The van der Waals surface area contributed by atoms with E-state index in [2.05, 4.69) is 23.7 Å². The SMILES string of the molecule is CC(F)(F)C1(C)OC(C)(F)C(C)(F)O1.CC1(C)OC(C)(C)C(C)(F)O1.CC1(F)OC(=C(F)F)OC1(C)F.CC1=C(F)OC(C)(C)O1. The van der Waals surface area contributed by atoms with E-state index < -0.39 is 76.2 Å². The van der Waals surface area contributed by atoms with Crippen LogP contribution in [0.5, 0.6) is 0 Å². The van der Waals surface area contributed by atoms with Crippen LogP contribution < -0.4 is 0 Å². The Morgan fingerprint density at radius 1 is 0.543 bits per heavy atom. The van der Waals surface area contributed by atoms with Crippen LogP contribution in [0.15, 0.2) is 23.8 Å². The molecule has 272 valence electrons. The van der Waals surface area contributed by atoms with Crippen LogP contribution in [-0.4, -0.2) is 58.2 Å². The summed E-state index contributed by atoms with van der Waals surface area (Å²) < 4.78 is 164. The molecule has 8 nitrogen and oxygen atoms in total. The van der Waals surface area contributed by atoms with E-state index in [1.807, 2.05) is 0 Å². The molecule has 4 aliphatic heterocycles. The molecule has 0 spiro atoms. The van der Waals surface area contributed by atoms with Crippen molar-refractivity contribution < 1.29 is 81.8 Å². The lowest BCUT2D eigenvalue weighted by Gasteiger charge is -2.29. The Bertz CT molecular complexity index is 1100. The van der Waals surface area contributed by atoms with Crippen molar-refractivity contribution in [2.75, 3.05) is 0 Å². The summed E-state index contributed by atoms with van der Waals surface area (Å²) in [5, 5.41) is 0. The van der Waals surface area contributed by atoms with Gasteiger partial charge in [0.25, 0.3) is 17.6 Å². The van der Waals surface area contributed by atoms with Crippen molar-refractivity contribution in [3.05, 3.63) is 23.8 Å². The van der Waals surface area contributed by atoms with Gasteiger partial charge in [-0.2, -0.15) is 22.0 Å². The van der Waals surface area contributed by atoms with Crippen LogP contribution in [-0.2, 0) is 37.9 Å². The van der Waals surface area contributed by atoms with Crippen LogP contribution in [0.1, 0.15) is 96.9 Å². The Hall–Kier alpha value is -2.18. The number of hydrogen-bond acceptors (Lipinski definition) is 8. The van der Waals surface area contributed by atoms with Gasteiger partial charge in [-0.3, -0.25) is 0 Å². The van der Waals surface area contributed by atoms with Crippen molar-refractivity contribution in [3.8, 4) is 0 Å². The van der Waals surface area contributed by atoms with E-state index in [4.69, 9.17) is 14.2 Å². The monoisotopic (exact) mass is 696 g/mol. The van der Waals surface area contributed by atoms with Crippen LogP contribution >= 0.6 is 0 Å². The van der Waals surface area contributed by atoms with Gasteiger partial charge in [0.05, 0.1) is 0 Å². The predicted molar refractivity (Wildman–Crippen MR) is 141 cm³/mol. The maximum absolute atomic E-state index is 13.5. The molecule has 0 aromatic heterocycles. The number of hydrogen-bond donors (Lipinski definition) is 0. The molecule has 0 bridgehead atoms. The van der Waals surface area contributed by atoms with Crippen molar-refractivity contribution in [1.29, 1.82) is 0 Å². The van der Waals surface area contributed by atoms with Gasteiger partial charge in [0.15, 0.2) is 11.5 Å². The van der Waals surface area contributed by atoms with E-state index in [1.165, 1.54) is 13.8 Å². The van der Waals surface area contributed by atoms with Crippen LogP contribution in [0.3, 0.4) is 0 Å². The first-order valence-corrected chi connectivity index (χ1v) is 13.7. The molecule has 4 rings (SSSR count). The number of ether oxygens (including phenoxy) is 8. The van der Waals surface area contributed by atoms with Crippen molar-refractivity contribution >= 4 is 0 Å². The van der Waals surface area contributed by atoms with Crippen LogP contribution in [0.4, 0.5) is 43.9 Å². The Morgan fingerprint density at radius 2 is 0.935 bits per heavy atom. The Morgan fingerprint density at radius 3 is 1.07 bits per heavy atom. The summed E-state index contributed by atoms with van der Waals surface area (Å²) in [5.41, 5.74) is -0.865. The lowest BCUT2D eigenvalue weighted by Crippen LogP contribution is -2.45. The fourth-order valence-electron chi connectivity index (χ4n) is 3.77. The van der Waals surface area contributed by atoms with Crippen molar-refractivity contribution in [2.24, 2.45) is 0 Å². The van der Waals surface area contributed by atoms with E-state index in [9.17, 15) is 43.9 Å². The molecule has 0 radical (unpaired) electrons. The minimum absolute atomic E-state index is 0.222. The third-order valence-corrected chi connectivity index (χ3v) is 6.91. The molecule has 0 saturated carbocycles. The summed E-state index contributed by atoms with van der Waals surface area (Å²) in [6, 6.07) is -0.611. The summed E-state index contributed by atoms with van der Waals surface area (Å²) in [4.78, 5) is 0. The van der Waals surface area contributed by atoms with Crippen molar-refractivity contribution in [2.45, 2.75) is 155 Å². The second-order valence-corrected chi connectivity index (χ2v) is 12.9. The average molecular weight is 697 g/mol. The van der Waals surface area contributed by atoms with Crippen molar-refractivity contribution in [1.82, 2.24) is 0 Å². The fourth-order valence-corrected chi connectivity index (χ4v) is 3.77. The quantitative estimate of drug-likeness (QED) is 0.251. The summed E-state index contributed by atoms with van der Waals surface area (Å²) in [6.07, 6.45) is -2.39. The first kappa shape index (κ1) is 41.8. The van der Waals surface area contributed by atoms with Gasteiger partial charge >= 0.3 is 29.7 Å². The molecule has 5 unspecified atom stereocenters. The third kappa shape index (κ3) is 9.46. The molecule has 5 atom stereocenters. The molecular formula is C28H42F10O8. The molecular weight excluding hydrogens is 654 g/mol. The van der Waals surface area contributed by atoms with E-state index in [0.29, 0.717) is 34.6 Å². The normalized spacial score (nSPS) is 40.1. The maximum atomic E-state index is 13.5. The van der Waals surface area contributed by atoms with Gasteiger partial charge in [-0.1, -0.05) is 0 Å². The zero-order chi connectivity index (χ0) is 37.0. The molecule has 4 heterocycles. The minimum Gasteiger partial charge on any atom is -0.451 e. The largest absolute Gasteiger partial charge is 0.451 e. The molecule has 3 saturated heterocycles. The van der Waals surface area contributed by atoms with Crippen LogP contribution in [0.2, 0.25) is 0 Å². The predicted octanol–water partition coefficient (Wildman–Crippen LogP) is 9.41. The van der Waals surface area contributed by atoms with Gasteiger partial charge in [0.2, 0.25) is 17.4 Å². The standard InChI is InChI=1S/C8H12F4O2.C8H15FO2.C6H6F4O2.C6H9FO2/c1-5(9,10)8(4)13-6(2,11)7(3,12)14-8;1-6(2)8(5,9)11-7(3,4)10-6;1-5(9)6(2,10)12-4(11-5)3(7)8;1-4-5(7)9-6(2,3)8-4/h1-4H3;1-5H3;1-2H3;1-3H3. The van der Waals surface area contributed by atoms with Crippen LogP contribution in [0, 0.1) is 0 Å². The Balaban J connectivity index is 0.000000310. The first-order valence-electron chi connectivity index (χ1n) is 13.7. The van der Waals surface area contributed by atoms with E-state index in [1.54, 1.807) is 41.5 Å². The molecule has 4 aliphatic rings. The molecule has 0 amide bonds. The molecule has 0 aliphatic carbocycles. The summed E-state index contributed by atoms with van der Waals surface area (Å²) in [7, 11) is 0. The Kier molecular flexibility index (Phi) is 11.2. The second-order valence-electron chi connectivity index (χ2n) is 12.9. The third-order valence-electron chi connectivity index (χ3n) is 6.91. The summed E-state index contributed by atoms with van der Waals surface area (Å²) in [6.45, 7) is 17.1. The van der Waals surface area contributed by atoms with Gasteiger partial charge < -0.3 is 37.9 Å². The highest BCUT2D eigenvalue weighted by Gasteiger charge is 2.69. The fraction of sp³-hybridized carbons (Fsp3) is 0.857. The van der Waals surface area contributed by atoms with Gasteiger partial charge in [-0.15, -0.1) is 0 Å². The van der Waals surface area contributed by atoms with Gasteiger partial charge in [0.1, 0.15) is 5.60 Å². The highest BCUT2D eigenvalue weighted by molar-refractivity contribution is 4.99. The molecule has 0 aromatic rings. The number of allylic oxidation sites excluding steroid dienone is 1.